The number of aryl methyl sites for hydroxylation is 1. The van der Waals surface area contributed by atoms with Crippen LogP contribution in [0.4, 0.5) is 0 Å². The van der Waals surface area contributed by atoms with Gasteiger partial charge in [0.15, 0.2) is 0 Å². The first-order valence-electron chi connectivity index (χ1n) is 6.79. The lowest BCUT2D eigenvalue weighted by Gasteiger charge is -2.37. The van der Waals surface area contributed by atoms with Crippen molar-refractivity contribution in [2.75, 3.05) is 13.1 Å². The van der Waals surface area contributed by atoms with Gasteiger partial charge in [-0.05, 0) is 24.8 Å². The van der Waals surface area contributed by atoms with Crippen molar-refractivity contribution in [3.63, 3.8) is 0 Å². The van der Waals surface area contributed by atoms with Crippen molar-refractivity contribution in [1.82, 2.24) is 20.1 Å². The van der Waals surface area contributed by atoms with Crippen LogP contribution in [-0.2, 0) is 13.5 Å². The van der Waals surface area contributed by atoms with Gasteiger partial charge < -0.3 is 5.32 Å². The highest BCUT2D eigenvalue weighted by atomic mass is 15.3. The van der Waals surface area contributed by atoms with Gasteiger partial charge in [-0.15, -0.1) is 0 Å². The quantitative estimate of drug-likeness (QED) is 0.849. The summed E-state index contributed by atoms with van der Waals surface area (Å²) in [6.07, 6.45) is 9.51. The fraction of sp³-hybridized carbons (Fsp3) is 0.846. The van der Waals surface area contributed by atoms with Crippen molar-refractivity contribution in [3.8, 4) is 0 Å². The summed E-state index contributed by atoms with van der Waals surface area (Å²) in [5.41, 5.74) is 0.412. The van der Waals surface area contributed by atoms with Crippen molar-refractivity contribution in [2.45, 2.75) is 45.4 Å². The highest BCUT2D eigenvalue weighted by molar-refractivity contribution is 4.96. The first kappa shape index (κ1) is 12.6. The Kier molecular flexibility index (Phi) is 4.15. The molecule has 1 N–H and O–H groups in total. The summed E-state index contributed by atoms with van der Waals surface area (Å²) in [7, 11) is 1.99. The molecule has 1 aromatic heterocycles. The Morgan fingerprint density at radius 1 is 1.35 bits per heavy atom. The van der Waals surface area contributed by atoms with Crippen LogP contribution < -0.4 is 5.32 Å². The smallest absolute Gasteiger partial charge is 0.138 e. The number of hydrogen-bond donors (Lipinski definition) is 1. The molecule has 1 aliphatic carbocycles. The molecular weight excluding hydrogens is 212 g/mol. The third-order valence-electron chi connectivity index (χ3n) is 4.00. The van der Waals surface area contributed by atoms with Crippen LogP contribution in [0.2, 0.25) is 0 Å². The maximum atomic E-state index is 4.39. The second kappa shape index (κ2) is 5.63. The second-order valence-corrected chi connectivity index (χ2v) is 5.32. The SMILES string of the molecule is CCNCC1(Cc2ncnn2C)CCCCC1. The number of hydrogen-bond acceptors (Lipinski definition) is 3. The number of nitrogens with one attached hydrogen (secondary N) is 1. The summed E-state index contributed by atoms with van der Waals surface area (Å²) in [5, 5.41) is 7.71. The summed E-state index contributed by atoms with van der Waals surface area (Å²) < 4.78 is 1.92. The lowest BCUT2D eigenvalue weighted by Crippen LogP contribution is -2.38. The molecule has 0 aromatic carbocycles. The summed E-state index contributed by atoms with van der Waals surface area (Å²) >= 11 is 0. The van der Waals surface area contributed by atoms with Gasteiger partial charge in [0.25, 0.3) is 0 Å². The third kappa shape index (κ3) is 3.06. The molecule has 4 nitrogen and oxygen atoms in total. The highest BCUT2D eigenvalue weighted by Crippen LogP contribution is 2.38. The van der Waals surface area contributed by atoms with Crippen molar-refractivity contribution in [2.24, 2.45) is 12.5 Å². The molecule has 1 fully saturated rings. The number of nitrogens with zero attached hydrogens (tertiary/aromatic N) is 3. The Morgan fingerprint density at radius 2 is 2.12 bits per heavy atom. The van der Waals surface area contributed by atoms with E-state index in [1.54, 1.807) is 6.33 Å². The predicted octanol–water partition coefficient (Wildman–Crippen LogP) is 1.92. The van der Waals surface area contributed by atoms with Gasteiger partial charge in [0, 0.05) is 20.0 Å². The molecule has 1 aliphatic rings. The number of aromatic nitrogens is 3. The Morgan fingerprint density at radius 3 is 2.71 bits per heavy atom. The van der Waals surface area contributed by atoms with E-state index in [-0.39, 0.29) is 0 Å². The van der Waals surface area contributed by atoms with E-state index in [1.165, 1.54) is 32.1 Å². The lowest BCUT2D eigenvalue weighted by atomic mass is 9.71. The Labute approximate surface area is 104 Å². The van der Waals surface area contributed by atoms with Gasteiger partial charge in [0.05, 0.1) is 0 Å². The van der Waals surface area contributed by atoms with E-state index in [0.717, 1.165) is 25.3 Å². The van der Waals surface area contributed by atoms with Crippen molar-refractivity contribution >= 4 is 0 Å². The summed E-state index contributed by atoms with van der Waals surface area (Å²) in [4.78, 5) is 4.39. The Balaban J connectivity index is 2.07. The van der Waals surface area contributed by atoms with Gasteiger partial charge in [-0.3, -0.25) is 4.68 Å². The molecule has 1 saturated carbocycles. The topological polar surface area (TPSA) is 42.7 Å². The Bertz CT molecular complexity index is 339. The molecule has 0 atom stereocenters. The molecule has 0 radical (unpaired) electrons. The zero-order chi connectivity index (χ0) is 12.1. The van der Waals surface area contributed by atoms with Gasteiger partial charge in [-0.25, -0.2) is 4.98 Å². The second-order valence-electron chi connectivity index (χ2n) is 5.32. The van der Waals surface area contributed by atoms with Crippen molar-refractivity contribution in [1.29, 1.82) is 0 Å². The zero-order valence-corrected chi connectivity index (χ0v) is 11.1. The molecule has 0 spiro atoms. The van der Waals surface area contributed by atoms with E-state index < -0.39 is 0 Å². The van der Waals surface area contributed by atoms with E-state index in [1.807, 2.05) is 11.7 Å². The molecule has 0 amide bonds. The van der Waals surface area contributed by atoms with Gasteiger partial charge in [-0.2, -0.15) is 5.10 Å². The molecule has 0 saturated heterocycles. The fourth-order valence-electron chi connectivity index (χ4n) is 2.92. The number of rotatable bonds is 5. The van der Waals surface area contributed by atoms with Crippen molar-refractivity contribution in [3.05, 3.63) is 12.2 Å². The van der Waals surface area contributed by atoms with E-state index in [9.17, 15) is 0 Å². The van der Waals surface area contributed by atoms with Crippen LogP contribution in [0, 0.1) is 5.41 Å². The van der Waals surface area contributed by atoms with Gasteiger partial charge in [0.1, 0.15) is 12.2 Å². The molecule has 0 aliphatic heterocycles. The minimum Gasteiger partial charge on any atom is -0.316 e. The van der Waals surface area contributed by atoms with E-state index >= 15 is 0 Å². The summed E-state index contributed by atoms with van der Waals surface area (Å²) in [6, 6.07) is 0. The molecule has 1 aromatic rings. The van der Waals surface area contributed by atoms with Crippen LogP contribution in [-0.4, -0.2) is 27.9 Å². The summed E-state index contributed by atoms with van der Waals surface area (Å²) in [5.74, 6) is 1.13. The maximum Gasteiger partial charge on any atom is 0.138 e. The summed E-state index contributed by atoms with van der Waals surface area (Å²) in [6.45, 7) is 4.36. The lowest BCUT2D eigenvalue weighted by molar-refractivity contribution is 0.176. The molecule has 0 bridgehead atoms. The minimum absolute atomic E-state index is 0.412. The molecule has 0 unspecified atom stereocenters. The highest BCUT2D eigenvalue weighted by Gasteiger charge is 2.33. The van der Waals surface area contributed by atoms with E-state index in [2.05, 4.69) is 22.3 Å². The zero-order valence-electron chi connectivity index (χ0n) is 11.1. The minimum atomic E-state index is 0.412. The molecule has 17 heavy (non-hydrogen) atoms. The molecular formula is C13H24N4. The van der Waals surface area contributed by atoms with Crippen LogP contribution in [0.5, 0.6) is 0 Å². The first-order valence-corrected chi connectivity index (χ1v) is 6.79. The molecule has 2 rings (SSSR count). The van der Waals surface area contributed by atoms with E-state index in [4.69, 9.17) is 0 Å². The van der Waals surface area contributed by atoms with Crippen LogP contribution >= 0.6 is 0 Å². The molecule has 96 valence electrons. The monoisotopic (exact) mass is 236 g/mol. The predicted molar refractivity (Wildman–Crippen MR) is 68.8 cm³/mol. The average Bonchev–Trinajstić information content (AvgIpc) is 2.74. The maximum absolute atomic E-state index is 4.39. The van der Waals surface area contributed by atoms with Crippen molar-refractivity contribution < 1.29 is 0 Å². The average molecular weight is 236 g/mol. The largest absolute Gasteiger partial charge is 0.316 e. The normalized spacial score (nSPS) is 19.4. The van der Waals surface area contributed by atoms with Gasteiger partial charge in [-0.1, -0.05) is 26.2 Å². The molecule has 4 heteroatoms. The van der Waals surface area contributed by atoms with Gasteiger partial charge >= 0.3 is 0 Å². The standard InChI is InChI=1S/C13H24N4/c1-3-14-10-13(7-5-4-6-8-13)9-12-15-11-16-17(12)2/h11,14H,3-10H2,1-2H3. The first-order chi connectivity index (χ1) is 8.26. The van der Waals surface area contributed by atoms with Crippen LogP contribution in [0.1, 0.15) is 44.9 Å². The third-order valence-corrected chi connectivity index (χ3v) is 4.00. The van der Waals surface area contributed by atoms with Crippen LogP contribution in [0.25, 0.3) is 0 Å². The fourth-order valence-corrected chi connectivity index (χ4v) is 2.92. The van der Waals surface area contributed by atoms with E-state index in [0.29, 0.717) is 5.41 Å². The van der Waals surface area contributed by atoms with Crippen LogP contribution in [0.3, 0.4) is 0 Å². The Hall–Kier alpha value is -0.900. The van der Waals surface area contributed by atoms with Gasteiger partial charge in [0.2, 0.25) is 0 Å². The molecule has 1 heterocycles. The van der Waals surface area contributed by atoms with Crippen LogP contribution in [0.15, 0.2) is 6.33 Å².